The molecule has 0 bridgehead atoms. The molecule has 2 aromatic heterocycles. The summed E-state index contributed by atoms with van der Waals surface area (Å²) in [5, 5.41) is 11.5. The van der Waals surface area contributed by atoms with Crippen LogP contribution in [0.15, 0.2) is 73.1 Å². The zero-order chi connectivity index (χ0) is 18.1. The van der Waals surface area contributed by atoms with Crippen LogP contribution in [0.2, 0.25) is 0 Å². The van der Waals surface area contributed by atoms with Crippen LogP contribution in [0.25, 0.3) is 27.4 Å². The van der Waals surface area contributed by atoms with Crippen LogP contribution in [-0.2, 0) is 12.8 Å². The third-order valence-corrected chi connectivity index (χ3v) is 4.93. The van der Waals surface area contributed by atoms with Crippen molar-refractivity contribution in [3.63, 3.8) is 0 Å². The second kappa shape index (κ2) is 6.68. The Hall–Kier alpha value is -3.07. The SMILES string of the molecule is CCc1c(C/C=C/O)c(-c2ccc(F)cc2)c2c3ccccc3ccn12. The number of hydrogen-bond acceptors (Lipinski definition) is 1. The van der Waals surface area contributed by atoms with Gasteiger partial charge < -0.3 is 9.51 Å². The summed E-state index contributed by atoms with van der Waals surface area (Å²) in [5.74, 6) is -0.241. The van der Waals surface area contributed by atoms with Gasteiger partial charge in [0, 0.05) is 22.8 Å². The Labute approximate surface area is 151 Å². The molecule has 2 heterocycles. The summed E-state index contributed by atoms with van der Waals surface area (Å²) in [7, 11) is 0. The number of hydrogen-bond donors (Lipinski definition) is 1. The van der Waals surface area contributed by atoms with Crippen LogP contribution in [0.5, 0.6) is 0 Å². The third-order valence-electron chi connectivity index (χ3n) is 4.93. The highest BCUT2D eigenvalue weighted by molar-refractivity contribution is 6.05. The highest BCUT2D eigenvalue weighted by atomic mass is 19.1. The summed E-state index contributed by atoms with van der Waals surface area (Å²) in [6, 6.07) is 17.1. The van der Waals surface area contributed by atoms with E-state index in [2.05, 4.69) is 35.7 Å². The number of pyridine rings is 1. The number of fused-ring (bicyclic) bond motifs is 3. The van der Waals surface area contributed by atoms with Crippen LogP contribution in [0.1, 0.15) is 18.2 Å². The molecule has 0 aliphatic rings. The van der Waals surface area contributed by atoms with Crippen molar-refractivity contribution in [2.75, 3.05) is 0 Å². The van der Waals surface area contributed by atoms with Gasteiger partial charge >= 0.3 is 0 Å². The highest BCUT2D eigenvalue weighted by Gasteiger charge is 2.19. The lowest BCUT2D eigenvalue weighted by Gasteiger charge is -2.07. The van der Waals surface area contributed by atoms with E-state index in [0.717, 1.165) is 29.3 Å². The minimum Gasteiger partial charge on any atom is -0.516 e. The van der Waals surface area contributed by atoms with E-state index in [1.54, 1.807) is 6.08 Å². The van der Waals surface area contributed by atoms with Gasteiger partial charge in [0.15, 0.2) is 0 Å². The summed E-state index contributed by atoms with van der Waals surface area (Å²) in [6.45, 7) is 2.14. The Morgan fingerprint density at radius 2 is 1.81 bits per heavy atom. The van der Waals surface area contributed by atoms with Gasteiger partial charge in [0.25, 0.3) is 0 Å². The van der Waals surface area contributed by atoms with E-state index >= 15 is 0 Å². The van der Waals surface area contributed by atoms with Crippen LogP contribution in [0.4, 0.5) is 4.39 Å². The topological polar surface area (TPSA) is 24.6 Å². The minimum atomic E-state index is -0.241. The molecule has 2 nitrogen and oxygen atoms in total. The van der Waals surface area contributed by atoms with Crippen molar-refractivity contribution < 1.29 is 9.50 Å². The number of aryl methyl sites for hydroxylation is 1. The maximum atomic E-state index is 13.5. The van der Waals surface area contributed by atoms with Gasteiger partial charge in [0.2, 0.25) is 0 Å². The number of aliphatic hydroxyl groups excluding tert-OH is 1. The number of aromatic nitrogens is 1. The van der Waals surface area contributed by atoms with Gasteiger partial charge in [-0.15, -0.1) is 0 Å². The first-order chi connectivity index (χ1) is 12.7. The van der Waals surface area contributed by atoms with Gasteiger partial charge in [0.1, 0.15) is 5.82 Å². The molecule has 0 spiro atoms. The maximum Gasteiger partial charge on any atom is 0.123 e. The fourth-order valence-corrected chi connectivity index (χ4v) is 3.83. The molecule has 0 atom stereocenters. The quantitative estimate of drug-likeness (QED) is 0.446. The molecule has 4 rings (SSSR count). The first-order valence-electron chi connectivity index (χ1n) is 8.83. The van der Waals surface area contributed by atoms with Crippen LogP contribution >= 0.6 is 0 Å². The van der Waals surface area contributed by atoms with E-state index in [1.807, 2.05) is 24.3 Å². The Morgan fingerprint density at radius 1 is 1.04 bits per heavy atom. The van der Waals surface area contributed by atoms with E-state index in [1.165, 1.54) is 34.2 Å². The van der Waals surface area contributed by atoms with Gasteiger partial charge in [-0.05, 0) is 53.6 Å². The van der Waals surface area contributed by atoms with Crippen molar-refractivity contribution in [3.8, 4) is 11.1 Å². The Balaban J connectivity index is 2.17. The lowest BCUT2D eigenvalue weighted by molar-refractivity contribution is 0.471. The summed E-state index contributed by atoms with van der Waals surface area (Å²) in [5.41, 5.74) is 5.61. The fraction of sp³-hybridized carbons (Fsp3) is 0.130. The fourth-order valence-electron chi connectivity index (χ4n) is 3.83. The van der Waals surface area contributed by atoms with Crippen LogP contribution in [0.3, 0.4) is 0 Å². The molecule has 2 aromatic carbocycles. The number of allylic oxidation sites excluding steroid dienone is 1. The van der Waals surface area contributed by atoms with Gasteiger partial charge in [-0.2, -0.15) is 0 Å². The molecule has 0 unspecified atom stereocenters. The summed E-state index contributed by atoms with van der Waals surface area (Å²) < 4.78 is 15.7. The molecule has 0 saturated heterocycles. The molecule has 0 amide bonds. The Bertz CT molecular complexity index is 1110. The second-order valence-corrected chi connectivity index (χ2v) is 6.37. The average molecular weight is 345 g/mol. The molecule has 3 heteroatoms. The molecular weight excluding hydrogens is 325 g/mol. The van der Waals surface area contributed by atoms with Crippen molar-refractivity contribution in [2.24, 2.45) is 0 Å². The summed E-state index contributed by atoms with van der Waals surface area (Å²) in [4.78, 5) is 0. The first-order valence-corrected chi connectivity index (χ1v) is 8.83. The van der Waals surface area contributed by atoms with Crippen molar-refractivity contribution in [2.45, 2.75) is 19.8 Å². The minimum absolute atomic E-state index is 0.241. The van der Waals surface area contributed by atoms with Crippen molar-refractivity contribution in [3.05, 3.63) is 90.2 Å². The first kappa shape index (κ1) is 16.4. The lowest BCUT2D eigenvalue weighted by atomic mass is 9.96. The van der Waals surface area contributed by atoms with Gasteiger partial charge in [0.05, 0.1) is 11.8 Å². The van der Waals surface area contributed by atoms with Crippen molar-refractivity contribution in [1.82, 2.24) is 4.40 Å². The Morgan fingerprint density at radius 3 is 2.54 bits per heavy atom. The molecule has 1 N–H and O–H groups in total. The summed E-state index contributed by atoms with van der Waals surface area (Å²) in [6.07, 6.45) is 6.45. The van der Waals surface area contributed by atoms with Crippen molar-refractivity contribution >= 4 is 16.3 Å². The monoisotopic (exact) mass is 345 g/mol. The lowest BCUT2D eigenvalue weighted by Crippen LogP contribution is -1.94. The zero-order valence-electron chi connectivity index (χ0n) is 14.6. The molecule has 130 valence electrons. The maximum absolute atomic E-state index is 13.5. The molecule has 26 heavy (non-hydrogen) atoms. The molecule has 0 fully saturated rings. The van der Waals surface area contributed by atoms with Crippen LogP contribution in [0, 0.1) is 5.82 Å². The normalized spacial score (nSPS) is 11.8. The van der Waals surface area contributed by atoms with E-state index in [4.69, 9.17) is 0 Å². The molecular formula is C23H20FNO. The van der Waals surface area contributed by atoms with Gasteiger partial charge in [-0.1, -0.05) is 43.3 Å². The molecule has 4 aromatic rings. The predicted molar refractivity (Wildman–Crippen MR) is 105 cm³/mol. The standard InChI is InChI=1S/C23H20FNO/c1-2-21-20(8-5-15-26)22(17-9-11-18(24)12-10-17)23-19-7-4-3-6-16(19)13-14-25(21)23/h3-7,9-15,26H,2,8H2,1H3/b15-5+. The molecule has 0 radical (unpaired) electrons. The second-order valence-electron chi connectivity index (χ2n) is 6.37. The average Bonchev–Trinajstić information content (AvgIpc) is 3.00. The van der Waals surface area contributed by atoms with Crippen LogP contribution in [-0.4, -0.2) is 9.51 Å². The van der Waals surface area contributed by atoms with Gasteiger partial charge in [-0.3, -0.25) is 0 Å². The number of rotatable bonds is 4. The Kier molecular flexibility index (Phi) is 4.21. The molecule has 0 saturated carbocycles. The van der Waals surface area contributed by atoms with E-state index < -0.39 is 0 Å². The van der Waals surface area contributed by atoms with Crippen LogP contribution < -0.4 is 0 Å². The molecule has 0 aliphatic heterocycles. The highest BCUT2D eigenvalue weighted by Crippen LogP contribution is 2.38. The zero-order valence-corrected chi connectivity index (χ0v) is 14.6. The van der Waals surface area contributed by atoms with Crippen molar-refractivity contribution in [1.29, 1.82) is 0 Å². The smallest absolute Gasteiger partial charge is 0.123 e. The predicted octanol–water partition coefficient (Wildman–Crippen LogP) is 6.08. The molecule has 0 aliphatic carbocycles. The van der Waals surface area contributed by atoms with E-state index in [-0.39, 0.29) is 5.82 Å². The third kappa shape index (κ3) is 2.57. The number of aliphatic hydroxyl groups is 1. The number of benzene rings is 2. The summed E-state index contributed by atoms with van der Waals surface area (Å²) >= 11 is 0. The number of halogens is 1. The largest absolute Gasteiger partial charge is 0.516 e. The van der Waals surface area contributed by atoms with E-state index in [0.29, 0.717) is 6.42 Å². The van der Waals surface area contributed by atoms with Gasteiger partial charge in [-0.25, -0.2) is 4.39 Å². The van der Waals surface area contributed by atoms with E-state index in [9.17, 15) is 9.50 Å². The number of nitrogens with zero attached hydrogens (tertiary/aromatic N) is 1.